The highest BCUT2D eigenvalue weighted by Crippen LogP contribution is 2.29. The predicted molar refractivity (Wildman–Crippen MR) is 106 cm³/mol. The maximum absolute atomic E-state index is 13.1. The molecule has 2 aromatic carbocycles. The number of benzene rings is 2. The molecule has 4 nitrogen and oxygen atoms in total. The smallest absolute Gasteiger partial charge is 0.283 e. The highest BCUT2D eigenvalue weighted by Gasteiger charge is 2.35. The zero-order chi connectivity index (χ0) is 17.9. The van der Waals surface area contributed by atoms with Crippen LogP contribution in [0.15, 0.2) is 65.3 Å². The van der Waals surface area contributed by atoms with Gasteiger partial charge < -0.3 is 4.90 Å². The van der Waals surface area contributed by atoms with Gasteiger partial charge in [0, 0.05) is 18.1 Å². The number of nitrogens with zero attached hydrogens (tertiary/aromatic N) is 3. The fourth-order valence-electron chi connectivity index (χ4n) is 3.37. The molecule has 1 fully saturated rings. The lowest BCUT2D eigenvalue weighted by atomic mass is 10.1. The number of piperidine rings is 1. The summed E-state index contributed by atoms with van der Waals surface area (Å²) in [6.07, 6.45) is 5.31. The minimum atomic E-state index is -0.114. The summed E-state index contributed by atoms with van der Waals surface area (Å²) >= 11 is 6.16. The van der Waals surface area contributed by atoms with E-state index in [4.69, 9.17) is 16.6 Å². The van der Waals surface area contributed by atoms with Gasteiger partial charge in [0.2, 0.25) is 5.96 Å². The Morgan fingerprint density at radius 3 is 2.46 bits per heavy atom. The van der Waals surface area contributed by atoms with Crippen LogP contribution in [0.1, 0.15) is 24.8 Å². The molecule has 0 bridgehead atoms. The maximum Gasteiger partial charge on any atom is 0.283 e. The van der Waals surface area contributed by atoms with Crippen LogP contribution in [-0.2, 0) is 4.79 Å². The molecule has 0 radical (unpaired) electrons. The van der Waals surface area contributed by atoms with Crippen molar-refractivity contribution in [1.82, 2.24) is 4.90 Å². The van der Waals surface area contributed by atoms with E-state index in [1.165, 1.54) is 6.42 Å². The topological polar surface area (TPSA) is 35.9 Å². The molecule has 0 aliphatic carbocycles. The molecule has 0 N–H and O–H groups in total. The van der Waals surface area contributed by atoms with Gasteiger partial charge >= 0.3 is 0 Å². The molecular formula is C21H20ClN3O. The van der Waals surface area contributed by atoms with Crippen LogP contribution in [0.5, 0.6) is 0 Å². The molecule has 0 atom stereocenters. The molecule has 0 aromatic heterocycles. The van der Waals surface area contributed by atoms with Gasteiger partial charge in [-0.1, -0.05) is 48.0 Å². The molecule has 2 aliphatic heterocycles. The van der Waals surface area contributed by atoms with E-state index in [1.54, 1.807) is 4.90 Å². The van der Waals surface area contributed by atoms with E-state index in [0.717, 1.165) is 37.2 Å². The number of aliphatic imine (C=N–C) groups is 1. The van der Waals surface area contributed by atoms with E-state index in [2.05, 4.69) is 4.90 Å². The van der Waals surface area contributed by atoms with Gasteiger partial charge in [-0.25, -0.2) is 9.89 Å². The summed E-state index contributed by atoms with van der Waals surface area (Å²) < 4.78 is 0. The molecule has 1 saturated heterocycles. The number of halogens is 1. The van der Waals surface area contributed by atoms with Crippen molar-refractivity contribution in [2.45, 2.75) is 19.3 Å². The summed E-state index contributed by atoms with van der Waals surface area (Å²) in [4.78, 5) is 21.7. The molecule has 0 unspecified atom stereocenters. The number of anilines is 1. The normalized spacial score (nSPS) is 19.2. The summed E-state index contributed by atoms with van der Waals surface area (Å²) in [6, 6.07) is 17.2. The minimum absolute atomic E-state index is 0.114. The molecule has 1 amide bonds. The third kappa shape index (κ3) is 3.37. The van der Waals surface area contributed by atoms with Gasteiger partial charge in [-0.2, -0.15) is 0 Å². The molecule has 2 heterocycles. The average Bonchev–Trinajstić information content (AvgIpc) is 3.00. The Morgan fingerprint density at radius 1 is 0.962 bits per heavy atom. The van der Waals surface area contributed by atoms with Crippen molar-refractivity contribution in [3.05, 3.63) is 70.9 Å². The van der Waals surface area contributed by atoms with Crippen LogP contribution in [0, 0.1) is 0 Å². The lowest BCUT2D eigenvalue weighted by Gasteiger charge is -2.32. The largest absolute Gasteiger partial charge is 0.342 e. The standard InChI is InChI=1S/C21H20ClN3O/c22-17-10-7-11-18(15-17)25-20(26)19(14-16-8-3-1-4-9-16)23-21(25)24-12-5-2-6-13-24/h1,3-4,7-11,14-15H,2,5-6,12-13H2/b19-14+. The monoisotopic (exact) mass is 365 g/mol. The second-order valence-electron chi connectivity index (χ2n) is 6.52. The molecule has 0 spiro atoms. The van der Waals surface area contributed by atoms with E-state index >= 15 is 0 Å². The zero-order valence-corrected chi connectivity index (χ0v) is 15.2. The lowest BCUT2D eigenvalue weighted by Crippen LogP contribution is -2.46. The van der Waals surface area contributed by atoms with Gasteiger partial charge in [0.05, 0.1) is 5.69 Å². The molecule has 4 rings (SSSR count). The van der Waals surface area contributed by atoms with Crippen molar-refractivity contribution >= 4 is 35.2 Å². The number of amides is 1. The first-order valence-corrected chi connectivity index (χ1v) is 9.30. The summed E-state index contributed by atoms with van der Waals surface area (Å²) in [5.74, 6) is 0.593. The molecule has 2 aromatic rings. The Hall–Kier alpha value is -2.59. The van der Waals surface area contributed by atoms with Crippen LogP contribution >= 0.6 is 11.6 Å². The fraction of sp³-hybridized carbons (Fsp3) is 0.238. The zero-order valence-electron chi connectivity index (χ0n) is 14.4. The van der Waals surface area contributed by atoms with E-state index in [9.17, 15) is 4.79 Å². The second kappa shape index (κ2) is 7.34. The van der Waals surface area contributed by atoms with E-state index in [0.29, 0.717) is 16.7 Å². The summed E-state index contributed by atoms with van der Waals surface area (Å²) in [5, 5.41) is 0.605. The number of carbonyl (C=O) groups is 1. The average molecular weight is 366 g/mol. The van der Waals surface area contributed by atoms with E-state index in [-0.39, 0.29) is 5.91 Å². The number of hydrogen-bond donors (Lipinski definition) is 0. The molecular weight excluding hydrogens is 346 g/mol. The molecule has 2 aliphatic rings. The van der Waals surface area contributed by atoms with Gasteiger partial charge in [-0.3, -0.25) is 4.79 Å². The number of rotatable bonds is 2. The number of hydrogen-bond acceptors (Lipinski definition) is 3. The van der Waals surface area contributed by atoms with Crippen molar-refractivity contribution in [2.24, 2.45) is 4.99 Å². The quantitative estimate of drug-likeness (QED) is 0.731. The van der Waals surface area contributed by atoms with Gasteiger partial charge in [0.25, 0.3) is 5.91 Å². The van der Waals surface area contributed by atoms with Gasteiger partial charge in [0.15, 0.2) is 0 Å². The van der Waals surface area contributed by atoms with Gasteiger partial charge in [-0.15, -0.1) is 0 Å². The molecule has 132 valence electrons. The molecule has 26 heavy (non-hydrogen) atoms. The van der Waals surface area contributed by atoms with Crippen LogP contribution in [0.4, 0.5) is 5.69 Å². The van der Waals surface area contributed by atoms with Crippen molar-refractivity contribution in [3.8, 4) is 0 Å². The first-order chi connectivity index (χ1) is 12.7. The Balaban J connectivity index is 1.75. The molecule has 5 heteroatoms. The number of likely N-dealkylation sites (tertiary alicyclic amines) is 1. The van der Waals surface area contributed by atoms with Crippen LogP contribution < -0.4 is 4.90 Å². The Labute approximate surface area is 158 Å². The van der Waals surface area contributed by atoms with Crippen LogP contribution in [0.25, 0.3) is 6.08 Å². The van der Waals surface area contributed by atoms with Crippen molar-refractivity contribution in [2.75, 3.05) is 18.0 Å². The summed E-state index contributed by atoms with van der Waals surface area (Å²) in [7, 11) is 0. The highest BCUT2D eigenvalue weighted by atomic mass is 35.5. The first kappa shape index (κ1) is 16.9. The minimum Gasteiger partial charge on any atom is -0.342 e. The van der Waals surface area contributed by atoms with Crippen molar-refractivity contribution in [3.63, 3.8) is 0 Å². The first-order valence-electron chi connectivity index (χ1n) is 8.93. The Kier molecular flexibility index (Phi) is 4.76. The lowest BCUT2D eigenvalue weighted by molar-refractivity contribution is -0.113. The van der Waals surface area contributed by atoms with Crippen LogP contribution in [0.3, 0.4) is 0 Å². The van der Waals surface area contributed by atoms with Gasteiger partial charge in [-0.05, 0) is 49.1 Å². The van der Waals surface area contributed by atoms with Crippen molar-refractivity contribution < 1.29 is 4.79 Å². The molecule has 0 saturated carbocycles. The SMILES string of the molecule is O=C1/C(=C\c2ccccc2)N=C(N2CCCCC2)N1c1cccc(Cl)c1. The van der Waals surface area contributed by atoms with Crippen molar-refractivity contribution in [1.29, 1.82) is 0 Å². The van der Waals surface area contributed by atoms with E-state index in [1.807, 2.05) is 60.7 Å². The number of carbonyl (C=O) groups excluding carboxylic acids is 1. The van der Waals surface area contributed by atoms with E-state index < -0.39 is 0 Å². The fourth-order valence-corrected chi connectivity index (χ4v) is 3.55. The summed E-state index contributed by atoms with van der Waals surface area (Å²) in [5.41, 5.74) is 2.17. The highest BCUT2D eigenvalue weighted by molar-refractivity contribution is 6.32. The van der Waals surface area contributed by atoms with Crippen LogP contribution in [0.2, 0.25) is 5.02 Å². The van der Waals surface area contributed by atoms with Gasteiger partial charge in [0.1, 0.15) is 5.70 Å². The Bertz CT molecular complexity index is 870. The summed E-state index contributed by atoms with van der Waals surface area (Å²) in [6.45, 7) is 1.84. The predicted octanol–water partition coefficient (Wildman–Crippen LogP) is 4.57. The third-order valence-corrected chi connectivity index (χ3v) is 4.89. The third-order valence-electron chi connectivity index (χ3n) is 4.65. The number of guanidine groups is 1. The van der Waals surface area contributed by atoms with Crippen LogP contribution in [-0.4, -0.2) is 29.9 Å². The maximum atomic E-state index is 13.1. The second-order valence-corrected chi connectivity index (χ2v) is 6.96. The Morgan fingerprint density at radius 2 is 1.73 bits per heavy atom.